The van der Waals surface area contributed by atoms with Gasteiger partial charge in [-0.2, -0.15) is 0 Å². The van der Waals surface area contributed by atoms with E-state index in [0.29, 0.717) is 13.1 Å². The van der Waals surface area contributed by atoms with Crippen molar-refractivity contribution in [2.75, 3.05) is 18.4 Å². The number of nitrogens with zero attached hydrogens (tertiary/aromatic N) is 1. The van der Waals surface area contributed by atoms with Crippen LogP contribution in [0, 0.1) is 11.7 Å². The Morgan fingerprint density at radius 1 is 1.15 bits per heavy atom. The molecule has 1 N–H and O–H groups in total. The van der Waals surface area contributed by atoms with E-state index in [2.05, 4.69) is 12.2 Å². The Morgan fingerprint density at radius 3 is 2.58 bits per heavy atom. The van der Waals surface area contributed by atoms with Crippen molar-refractivity contribution in [3.05, 3.63) is 65.5 Å². The van der Waals surface area contributed by atoms with Crippen LogP contribution < -0.4 is 5.32 Å². The molecule has 2 aromatic rings. The van der Waals surface area contributed by atoms with Gasteiger partial charge in [0.1, 0.15) is 5.82 Å². The van der Waals surface area contributed by atoms with Crippen LogP contribution in [-0.2, 0) is 11.2 Å². The summed E-state index contributed by atoms with van der Waals surface area (Å²) in [4.78, 5) is 26.7. The fraction of sp³-hybridized carbons (Fsp3) is 0.333. The molecule has 4 nitrogen and oxygen atoms in total. The predicted molar refractivity (Wildman–Crippen MR) is 99.5 cm³/mol. The number of hydrogen-bond acceptors (Lipinski definition) is 2. The number of likely N-dealkylation sites (tertiary alicyclic amines) is 1. The maximum atomic E-state index is 13.9. The number of nitrogens with one attached hydrogen (secondary N) is 1. The largest absolute Gasteiger partial charge is 0.338 e. The SMILES string of the molecule is CCc1ccc(NC(=O)C2CCCN(C(=O)c3ccccc3F)C2)cc1. The lowest BCUT2D eigenvalue weighted by molar-refractivity contribution is -0.121. The highest BCUT2D eigenvalue weighted by Gasteiger charge is 2.29. The van der Waals surface area contributed by atoms with Gasteiger partial charge in [0.25, 0.3) is 5.91 Å². The van der Waals surface area contributed by atoms with Crippen LogP contribution in [0.15, 0.2) is 48.5 Å². The molecule has 26 heavy (non-hydrogen) atoms. The van der Waals surface area contributed by atoms with E-state index in [-0.39, 0.29) is 23.3 Å². The van der Waals surface area contributed by atoms with Crippen LogP contribution in [0.25, 0.3) is 0 Å². The van der Waals surface area contributed by atoms with Gasteiger partial charge in [0.2, 0.25) is 5.91 Å². The van der Waals surface area contributed by atoms with Crippen molar-refractivity contribution in [3.63, 3.8) is 0 Å². The molecule has 0 saturated carbocycles. The number of anilines is 1. The summed E-state index contributed by atoms with van der Waals surface area (Å²) in [5.41, 5.74) is 2.02. The summed E-state index contributed by atoms with van der Waals surface area (Å²) in [5.74, 6) is -1.27. The Labute approximate surface area is 153 Å². The van der Waals surface area contributed by atoms with Crippen LogP contribution in [0.3, 0.4) is 0 Å². The minimum Gasteiger partial charge on any atom is -0.338 e. The zero-order chi connectivity index (χ0) is 18.5. The Balaban J connectivity index is 1.64. The van der Waals surface area contributed by atoms with Gasteiger partial charge in [-0.25, -0.2) is 4.39 Å². The third-order valence-corrected chi connectivity index (χ3v) is 4.81. The molecule has 1 heterocycles. The average Bonchev–Trinajstić information content (AvgIpc) is 2.68. The van der Waals surface area contributed by atoms with E-state index >= 15 is 0 Å². The summed E-state index contributed by atoms with van der Waals surface area (Å²) in [6, 6.07) is 13.7. The third-order valence-electron chi connectivity index (χ3n) is 4.81. The maximum absolute atomic E-state index is 13.9. The summed E-state index contributed by atoms with van der Waals surface area (Å²) >= 11 is 0. The van der Waals surface area contributed by atoms with Crippen LogP contribution in [0.1, 0.15) is 35.7 Å². The van der Waals surface area contributed by atoms with Crippen molar-refractivity contribution >= 4 is 17.5 Å². The molecule has 1 saturated heterocycles. The van der Waals surface area contributed by atoms with Gasteiger partial charge in [-0.3, -0.25) is 9.59 Å². The molecule has 0 aliphatic carbocycles. The lowest BCUT2D eigenvalue weighted by Crippen LogP contribution is -2.44. The second-order valence-corrected chi connectivity index (χ2v) is 6.61. The van der Waals surface area contributed by atoms with Crippen molar-refractivity contribution in [2.24, 2.45) is 5.92 Å². The maximum Gasteiger partial charge on any atom is 0.256 e. The lowest BCUT2D eigenvalue weighted by atomic mass is 9.96. The normalized spacial score (nSPS) is 17.0. The summed E-state index contributed by atoms with van der Waals surface area (Å²) in [7, 11) is 0. The van der Waals surface area contributed by atoms with Gasteiger partial charge in [-0.05, 0) is 49.1 Å². The van der Waals surface area contributed by atoms with E-state index in [4.69, 9.17) is 0 Å². The quantitative estimate of drug-likeness (QED) is 0.906. The lowest BCUT2D eigenvalue weighted by Gasteiger charge is -2.32. The highest BCUT2D eigenvalue weighted by Crippen LogP contribution is 2.21. The van der Waals surface area contributed by atoms with Gasteiger partial charge in [0, 0.05) is 18.8 Å². The van der Waals surface area contributed by atoms with Crippen molar-refractivity contribution < 1.29 is 14.0 Å². The number of rotatable bonds is 4. The molecular formula is C21H23FN2O2. The van der Waals surface area contributed by atoms with Crippen LogP contribution in [0.2, 0.25) is 0 Å². The molecule has 0 spiro atoms. The minimum atomic E-state index is -0.528. The molecule has 2 aromatic carbocycles. The first kappa shape index (κ1) is 18.1. The smallest absolute Gasteiger partial charge is 0.256 e. The van der Waals surface area contributed by atoms with Gasteiger partial charge in [0.15, 0.2) is 0 Å². The number of benzene rings is 2. The molecule has 5 heteroatoms. The third kappa shape index (κ3) is 4.10. The van der Waals surface area contributed by atoms with Gasteiger partial charge in [-0.1, -0.05) is 31.2 Å². The van der Waals surface area contributed by atoms with Crippen molar-refractivity contribution in [2.45, 2.75) is 26.2 Å². The highest BCUT2D eigenvalue weighted by atomic mass is 19.1. The highest BCUT2D eigenvalue weighted by molar-refractivity contribution is 5.96. The molecule has 0 radical (unpaired) electrons. The summed E-state index contributed by atoms with van der Waals surface area (Å²) in [5, 5.41) is 2.92. The Hall–Kier alpha value is -2.69. The van der Waals surface area contributed by atoms with Gasteiger partial charge >= 0.3 is 0 Å². The standard InChI is InChI=1S/C21H23FN2O2/c1-2-15-9-11-17(12-10-15)23-20(25)16-6-5-13-24(14-16)21(26)18-7-3-4-8-19(18)22/h3-4,7-12,16H,2,5-6,13-14H2,1H3,(H,23,25). The van der Waals surface area contributed by atoms with Crippen molar-refractivity contribution in [3.8, 4) is 0 Å². The van der Waals surface area contributed by atoms with E-state index in [0.717, 1.165) is 24.9 Å². The fourth-order valence-corrected chi connectivity index (χ4v) is 3.25. The first-order chi connectivity index (χ1) is 12.6. The molecular weight excluding hydrogens is 331 g/mol. The predicted octanol–water partition coefficient (Wildman–Crippen LogP) is 3.88. The van der Waals surface area contributed by atoms with E-state index in [1.807, 2.05) is 24.3 Å². The molecule has 3 rings (SSSR count). The van der Waals surface area contributed by atoms with Crippen LogP contribution in [0.5, 0.6) is 0 Å². The average molecular weight is 354 g/mol. The Morgan fingerprint density at radius 2 is 1.88 bits per heavy atom. The first-order valence-corrected chi connectivity index (χ1v) is 9.02. The number of carbonyl (C=O) groups is 2. The number of amides is 2. The molecule has 0 aromatic heterocycles. The topological polar surface area (TPSA) is 49.4 Å². The van der Waals surface area contributed by atoms with Crippen LogP contribution in [-0.4, -0.2) is 29.8 Å². The number of aryl methyl sites for hydroxylation is 1. The zero-order valence-electron chi connectivity index (χ0n) is 14.9. The summed E-state index contributed by atoms with van der Waals surface area (Å²) < 4.78 is 13.9. The first-order valence-electron chi connectivity index (χ1n) is 9.02. The van der Waals surface area contributed by atoms with E-state index < -0.39 is 5.82 Å². The molecule has 1 aliphatic rings. The van der Waals surface area contributed by atoms with Crippen molar-refractivity contribution in [1.29, 1.82) is 0 Å². The second kappa shape index (κ2) is 8.13. The molecule has 2 amide bonds. The van der Waals surface area contributed by atoms with Gasteiger partial charge in [-0.15, -0.1) is 0 Å². The van der Waals surface area contributed by atoms with E-state index in [1.165, 1.54) is 17.7 Å². The molecule has 0 bridgehead atoms. The summed E-state index contributed by atoms with van der Waals surface area (Å²) in [6.07, 6.45) is 2.40. The number of halogens is 1. The number of piperidine rings is 1. The fourth-order valence-electron chi connectivity index (χ4n) is 3.25. The molecule has 136 valence electrons. The number of carbonyl (C=O) groups excluding carboxylic acids is 2. The molecule has 1 atom stereocenters. The van der Waals surface area contributed by atoms with E-state index in [1.54, 1.807) is 17.0 Å². The van der Waals surface area contributed by atoms with Crippen LogP contribution >= 0.6 is 0 Å². The van der Waals surface area contributed by atoms with Gasteiger partial charge in [0.05, 0.1) is 11.5 Å². The monoisotopic (exact) mass is 354 g/mol. The van der Waals surface area contributed by atoms with Crippen molar-refractivity contribution in [1.82, 2.24) is 4.90 Å². The Bertz CT molecular complexity index is 789. The molecule has 1 unspecified atom stereocenters. The Kier molecular flexibility index (Phi) is 5.66. The molecule has 1 aliphatic heterocycles. The molecule has 1 fully saturated rings. The minimum absolute atomic E-state index is 0.0590. The summed E-state index contributed by atoms with van der Waals surface area (Å²) in [6.45, 7) is 2.94. The zero-order valence-corrected chi connectivity index (χ0v) is 14.9. The second-order valence-electron chi connectivity index (χ2n) is 6.61. The number of hydrogen-bond donors (Lipinski definition) is 1. The van der Waals surface area contributed by atoms with Gasteiger partial charge < -0.3 is 10.2 Å². The van der Waals surface area contributed by atoms with E-state index in [9.17, 15) is 14.0 Å². The van der Waals surface area contributed by atoms with Crippen LogP contribution in [0.4, 0.5) is 10.1 Å².